The lowest BCUT2D eigenvalue weighted by atomic mass is 10.1. The molecule has 0 unspecified atom stereocenters. The molecular formula is C18H17ClN4O4S. The van der Waals surface area contributed by atoms with Crippen molar-refractivity contribution < 1.29 is 14.5 Å². The van der Waals surface area contributed by atoms with Crippen molar-refractivity contribution >= 4 is 57.8 Å². The Labute approximate surface area is 171 Å². The number of hydrogen-bond donors (Lipinski definition) is 3. The number of nitro groups is 1. The van der Waals surface area contributed by atoms with Gasteiger partial charge in [0.25, 0.3) is 11.6 Å². The number of thiocarbonyl (C=S) groups is 1. The van der Waals surface area contributed by atoms with Crippen molar-refractivity contribution in [2.24, 2.45) is 0 Å². The number of amides is 2. The largest absolute Gasteiger partial charge is 0.331 e. The Balaban J connectivity index is 2.11. The second-order valence-corrected chi connectivity index (χ2v) is 6.58. The third-order valence-corrected chi connectivity index (χ3v) is 4.25. The number of nitrogens with one attached hydrogen (secondary N) is 3. The van der Waals surface area contributed by atoms with Crippen LogP contribution in [-0.4, -0.2) is 21.9 Å². The fraction of sp³-hybridized carbons (Fsp3) is 0.167. The van der Waals surface area contributed by atoms with Crippen molar-refractivity contribution in [2.45, 2.75) is 20.3 Å². The van der Waals surface area contributed by atoms with Gasteiger partial charge in [-0.1, -0.05) is 24.6 Å². The number of rotatable bonds is 5. The molecule has 8 nitrogen and oxygen atoms in total. The maximum atomic E-state index is 12.3. The van der Waals surface area contributed by atoms with E-state index >= 15 is 0 Å². The molecule has 0 saturated heterocycles. The Kier molecular flexibility index (Phi) is 7.02. The van der Waals surface area contributed by atoms with Crippen LogP contribution in [0, 0.1) is 17.0 Å². The van der Waals surface area contributed by atoms with Gasteiger partial charge in [0.1, 0.15) is 0 Å². The zero-order chi connectivity index (χ0) is 20.8. The van der Waals surface area contributed by atoms with Crippen molar-refractivity contribution in [1.82, 2.24) is 5.32 Å². The lowest BCUT2D eigenvalue weighted by Gasteiger charge is -2.13. The quantitative estimate of drug-likeness (QED) is 0.382. The summed E-state index contributed by atoms with van der Waals surface area (Å²) in [4.78, 5) is 34.3. The van der Waals surface area contributed by atoms with E-state index in [1.807, 2.05) is 0 Å². The fourth-order valence-corrected chi connectivity index (χ4v) is 2.59. The second-order valence-electron chi connectivity index (χ2n) is 5.76. The van der Waals surface area contributed by atoms with E-state index in [2.05, 4.69) is 16.0 Å². The molecule has 146 valence electrons. The van der Waals surface area contributed by atoms with Gasteiger partial charge in [0.05, 0.1) is 15.6 Å². The minimum Gasteiger partial charge on any atom is -0.331 e. The normalized spacial score (nSPS) is 10.1. The summed E-state index contributed by atoms with van der Waals surface area (Å²) in [6, 6.07) is 8.91. The summed E-state index contributed by atoms with van der Waals surface area (Å²) in [5, 5.41) is 19.2. The molecule has 0 fully saturated rings. The first-order valence-electron chi connectivity index (χ1n) is 8.18. The molecule has 0 aliphatic carbocycles. The highest BCUT2D eigenvalue weighted by molar-refractivity contribution is 7.80. The lowest BCUT2D eigenvalue weighted by Crippen LogP contribution is -2.34. The Morgan fingerprint density at radius 1 is 1.18 bits per heavy atom. The number of nitrogens with zero attached hydrogens (tertiary/aromatic N) is 1. The van der Waals surface area contributed by atoms with Crippen molar-refractivity contribution in [3.63, 3.8) is 0 Å². The molecular weight excluding hydrogens is 404 g/mol. The number of anilines is 2. The molecule has 0 aromatic heterocycles. The van der Waals surface area contributed by atoms with Crippen LogP contribution < -0.4 is 16.0 Å². The van der Waals surface area contributed by atoms with Crippen LogP contribution in [0.25, 0.3) is 0 Å². The Morgan fingerprint density at radius 2 is 1.89 bits per heavy atom. The van der Waals surface area contributed by atoms with Gasteiger partial charge in [0.15, 0.2) is 5.11 Å². The first-order valence-corrected chi connectivity index (χ1v) is 8.96. The molecule has 0 spiro atoms. The molecule has 2 amide bonds. The molecule has 28 heavy (non-hydrogen) atoms. The molecule has 2 rings (SSSR count). The first kappa shape index (κ1) is 21.3. The van der Waals surface area contributed by atoms with Crippen LogP contribution in [0.15, 0.2) is 36.4 Å². The molecule has 0 radical (unpaired) electrons. The molecule has 0 bridgehead atoms. The van der Waals surface area contributed by atoms with E-state index in [1.54, 1.807) is 32.0 Å². The minimum absolute atomic E-state index is 0.0471. The predicted molar refractivity (Wildman–Crippen MR) is 112 cm³/mol. The summed E-state index contributed by atoms with van der Waals surface area (Å²) >= 11 is 11.2. The van der Waals surface area contributed by atoms with Crippen LogP contribution in [0.2, 0.25) is 5.02 Å². The van der Waals surface area contributed by atoms with E-state index in [1.165, 1.54) is 18.2 Å². The van der Waals surface area contributed by atoms with E-state index in [9.17, 15) is 19.7 Å². The molecule has 3 N–H and O–H groups in total. The van der Waals surface area contributed by atoms with Gasteiger partial charge in [-0.3, -0.25) is 25.0 Å². The zero-order valence-corrected chi connectivity index (χ0v) is 16.6. The number of nitro benzene ring substituents is 1. The summed E-state index contributed by atoms with van der Waals surface area (Å²) in [5.41, 5.74) is 1.28. The molecule has 0 aliphatic rings. The van der Waals surface area contributed by atoms with E-state index in [0.29, 0.717) is 28.4 Å². The summed E-state index contributed by atoms with van der Waals surface area (Å²) < 4.78 is 0. The van der Waals surface area contributed by atoms with Gasteiger partial charge in [-0.2, -0.15) is 0 Å². The minimum atomic E-state index is -0.604. The van der Waals surface area contributed by atoms with E-state index in [4.69, 9.17) is 23.8 Å². The van der Waals surface area contributed by atoms with E-state index in [0.717, 1.165) is 0 Å². The van der Waals surface area contributed by atoms with Crippen LogP contribution in [0.1, 0.15) is 29.3 Å². The smallest absolute Gasteiger partial charge is 0.273 e. The van der Waals surface area contributed by atoms with Gasteiger partial charge in [0, 0.05) is 29.3 Å². The number of hydrogen-bond acceptors (Lipinski definition) is 5. The second kappa shape index (κ2) is 9.25. The molecule has 2 aromatic carbocycles. The molecule has 0 atom stereocenters. The Morgan fingerprint density at radius 3 is 2.54 bits per heavy atom. The van der Waals surface area contributed by atoms with Gasteiger partial charge in [-0.05, 0) is 43.4 Å². The SMILES string of the molecule is CCC(=O)Nc1ccc(Cl)c(NC(=S)NC(=O)c2ccc(C)c([N+](=O)[O-])c2)c1. The molecule has 0 heterocycles. The average molecular weight is 421 g/mol. The summed E-state index contributed by atoms with van der Waals surface area (Å²) in [5.74, 6) is -0.766. The fourth-order valence-electron chi connectivity index (χ4n) is 2.22. The summed E-state index contributed by atoms with van der Waals surface area (Å²) in [6.45, 7) is 3.31. The van der Waals surface area contributed by atoms with Gasteiger partial charge in [0.2, 0.25) is 5.91 Å². The third kappa shape index (κ3) is 5.48. The van der Waals surface area contributed by atoms with Crippen LogP contribution >= 0.6 is 23.8 Å². The van der Waals surface area contributed by atoms with Crippen molar-refractivity contribution in [2.75, 3.05) is 10.6 Å². The van der Waals surface area contributed by atoms with E-state index < -0.39 is 10.8 Å². The molecule has 2 aromatic rings. The van der Waals surface area contributed by atoms with Crippen molar-refractivity contribution in [1.29, 1.82) is 0 Å². The lowest BCUT2D eigenvalue weighted by molar-refractivity contribution is -0.385. The van der Waals surface area contributed by atoms with E-state index in [-0.39, 0.29) is 22.3 Å². The zero-order valence-electron chi connectivity index (χ0n) is 15.0. The highest BCUT2D eigenvalue weighted by Gasteiger charge is 2.16. The maximum absolute atomic E-state index is 12.3. The number of carbonyl (C=O) groups is 2. The number of halogens is 1. The highest BCUT2D eigenvalue weighted by Crippen LogP contribution is 2.26. The van der Waals surface area contributed by atoms with Crippen LogP contribution in [0.4, 0.5) is 17.1 Å². The van der Waals surface area contributed by atoms with Crippen molar-refractivity contribution in [3.05, 3.63) is 62.7 Å². The van der Waals surface area contributed by atoms with Gasteiger partial charge >= 0.3 is 0 Å². The standard InChI is InChI=1S/C18H17ClN4O4S/c1-3-16(24)20-12-6-7-13(19)14(9-12)21-18(28)22-17(25)11-5-4-10(2)15(8-11)23(26)27/h4-9H,3H2,1-2H3,(H,20,24)(H2,21,22,25,28). The molecule has 10 heteroatoms. The first-order chi connectivity index (χ1) is 13.2. The summed E-state index contributed by atoms with van der Waals surface area (Å²) in [6.07, 6.45) is 0.322. The van der Waals surface area contributed by atoms with Crippen LogP contribution in [-0.2, 0) is 4.79 Å². The summed E-state index contributed by atoms with van der Waals surface area (Å²) in [7, 11) is 0. The van der Waals surface area contributed by atoms with Crippen molar-refractivity contribution in [3.8, 4) is 0 Å². The van der Waals surface area contributed by atoms with Crippen LogP contribution in [0.3, 0.4) is 0 Å². The number of aryl methyl sites for hydroxylation is 1. The Hall–Kier alpha value is -3.04. The van der Waals surface area contributed by atoms with Gasteiger partial charge in [-0.15, -0.1) is 0 Å². The molecule has 0 aliphatic heterocycles. The molecule has 0 saturated carbocycles. The Bertz CT molecular complexity index is 965. The maximum Gasteiger partial charge on any atom is 0.273 e. The number of carbonyl (C=O) groups excluding carboxylic acids is 2. The predicted octanol–water partition coefficient (Wildman–Crippen LogP) is 4.03. The van der Waals surface area contributed by atoms with Crippen LogP contribution in [0.5, 0.6) is 0 Å². The average Bonchev–Trinajstić information content (AvgIpc) is 2.64. The highest BCUT2D eigenvalue weighted by atomic mass is 35.5. The number of benzene rings is 2. The van der Waals surface area contributed by atoms with Gasteiger partial charge in [-0.25, -0.2) is 0 Å². The van der Waals surface area contributed by atoms with Gasteiger partial charge < -0.3 is 10.6 Å². The third-order valence-electron chi connectivity index (χ3n) is 3.71. The monoisotopic (exact) mass is 420 g/mol. The topological polar surface area (TPSA) is 113 Å².